The van der Waals surface area contributed by atoms with Crippen LogP contribution in [0.3, 0.4) is 0 Å². The van der Waals surface area contributed by atoms with Crippen molar-refractivity contribution in [1.82, 2.24) is 0 Å². The van der Waals surface area contributed by atoms with Gasteiger partial charge in [0, 0.05) is 12.6 Å². The zero-order valence-corrected chi connectivity index (χ0v) is 10.6. The molecule has 0 saturated carbocycles. The van der Waals surface area contributed by atoms with E-state index in [-0.39, 0.29) is 6.04 Å². The van der Waals surface area contributed by atoms with Crippen LogP contribution >= 0.6 is 0 Å². The third-order valence-corrected chi connectivity index (χ3v) is 3.81. The van der Waals surface area contributed by atoms with Crippen LogP contribution in [0.25, 0.3) is 0 Å². The van der Waals surface area contributed by atoms with Crippen LogP contribution < -0.4 is 5.73 Å². The van der Waals surface area contributed by atoms with Crippen molar-refractivity contribution in [2.75, 3.05) is 6.61 Å². The molecule has 1 saturated heterocycles. The van der Waals surface area contributed by atoms with Crippen molar-refractivity contribution >= 4 is 0 Å². The molecule has 1 aliphatic rings. The van der Waals surface area contributed by atoms with E-state index in [9.17, 15) is 0 Å². The molecule has 1 aromatic rings. The van der Waals surface area contributed by atoms with Crippen LogP contribution in [0.5, 0.6) is 0 Å². The lowest BCUT2D eigenvalue weighted by atomic mass is 9.90. The van der Waals surface area contributed by atoms with Crippen molar-refractivity contribution in [3.8, 4) is 0 Å². The van der Waals surface area contributed by atoms with Crippen LogP contribution in [-0.4, -0.2) is 18.8 Å². The molecule has 2 N–H and O–H groups in total. The number of ether oxygens (including phenoxy) is 1. The molecule has 0 bridgehead atoms. The Balaban J connectivity index is 1.80. The largest absolute Gasteiger partial charge is 0.378 e. The molecule has 0 aromatic heterocycles. The predicted molar refractivity (Wildman–Crippen MR) is 71.0 cm³/mol. The maximum atomic E-state index is 6.27. The number of benzene rings is 1. The van der Waals surface area contributed by atoms with Crippen LogP contribution in [-0.2, 0) is 4.74 Å². The molecule has 1 heterocycles. The molecule has 0 amide bonds. The summed E-state index contributed by atoms with van der Waals surface area (Å²) in [6.07, 6.45) is 5.06. The summed E-state index contributed by atoms with van der Waals surface area (Å²) in [5.74, 6) is 0.428. The Morgan fingerprint density at radius 1 is 1.35 bits per heavy atom. The molecule has 1 fully saturated rings. The summed E-state index contributed by atoms with van der Waals surface area (Å²) >= 11 is 0. The van der Waals surface area contributed by atoms with E-state index < -0.39 is 0 Å². The molecule has 2 rings (SSSR count). The summed E-state index contributed by atoms with van der Waals surface area (Å²) in [6, 6.07) is 10.8. The third kappa shape index (κ3) is 3.55. The summed E-state index contributed by atoms with van der Waals surface area (Å²) in [6.45, 7) is 3.16. The van der Waals surface area contributed by atoms with Crippen molar-refractivity contribution in [3.63, 3.8) is 0 Å². The Bertz CT molecular complexity index is 319. The summed E-state index contributed by atoms with van der Waals surface area (Å²) in [5.41, 5.74) is 7.61. The number of hydrogen-bond acceptors (Lipinski definition) is 2. The molecular weight excluding hydrogens is 210 g/mol. The highest BCUT2D eigenvalue weighted by Gasteiger charge is 2.19. The van der Waals surface area contributed by atoms with Crippen molar-refractivity contribution < 1.29 is 4.74 Å². The lowest BCUT2D eigenvalue weighted by Crippen LogP contribution is -2.28. The minimum Gasteiger partial charge on any atom is -0.378 e. The average Bonchev–Trinajstić information content (AvgIpc) is 2.89. The quantitative estimate of drug-likeness (QED) is 0.848. The van der Waals surface area contributed by atoms with Gasteiger partial charge in [0.1, 0.15) is 0 Å². The fourth-order valence-electron chi connectivity index (χ4n) is 2.50. The molecule has 1 aromatic carbocycles. The van der Waals surface area contributed by atoms with E-state index in [0.29, 0.717) is 12.0 Å². The average molecular weight is 233 g/mol. The highest BCUT2D eigenvalue weighted by atomic mass is 16.5. The van der Waals surface area contributed by atoms with Gasteiger partial charge in [-0.1, -0.05) is 37.3 Å². The van der Waals surface area contributed by atoms with Gasteiger partial charge >= 0.3 is 0 Å². The number of nitrogens with two attached hydrogens (primary N) is 1. The van der Waals surface area contributed by atoms with Gasteiger partial charge in [-0.25, -0.2) is 0 Å². The van der Waals surface area contributed by atoms with Gasteiger partial charge in [-0.15, -0.1) is 0 Å². The van der Waals surface area contributed by atoms with Crippen molar-refractivity contribution in [3.05, 3.63) is 35.9 Å². The van der Waals surface area contributed by atoms with Crippen LogP contribution in [0, 0.1) is 0 Å². The Morgan fingerprint density at radius 3 is 2.76 bits per heavy atom. The van der Waals surface area contributed by atoms with Crippen LogP contribution in [0.4, 0.5) is 0 Å². The zero-order chi connectivity index (χ0) is 12.1. The van der Waals surface area contributed by atoms with Gasteiger partial charge in [0.05, 0.1) is 6.10 Å². The van der Waals surface area contributed by atoms with Crippen molar-refractivity contribution in [2.24, 2.45) is 5.73 Å². The molecule has 2 heteroatoms. The van der Waals surface area contributed by atoms with Crippen LogP contribution in [0.2, 0.25) is 0 Å². The summed E-state index contributed by atoms with van der Waals surface area (Å²) in [7, 11) is 0. The van der Waals surface area contributed by atoms with Gasteiger partial charge in [0.15, 0.2) is 0 Å². The second kappa shape index (κ2) is 6.18. The molecule has 94 valence electrons. The first-order valence-corrected chi connectivity index (χ1v) is 6.69. The van der Waals surface area contributed by atoms with E-state index >= 15 is 0 Å². The lowest BCUT2D eigenvalue weighted by molar-refractivity contribution is 0.100. The molecule has 1 aliphatic heterocycles. The van der Waals surface area contributed by atoms with E-state index in [0.717, 1.165) is 19.4 Å². The maximum absolute atomic E-state index is 6.27. The Labute approximate surface area is 104 Å². The molecule has 17 heavy (non-hydrogen) atoms. The smallest absolute Gasteiger partial charge is 0.0576 e. The number of rotatable bonds is 5. The second-order valence-corrected chi connectivity index (χ2v) is 5.08. The lowest BCUT2D eigenvalue weighted by Gasteiger charge is -2.21. The van der Waals surface area contributed by atoms with Crippen LogP contribution in [0.15, 0.2) is 30.3 Å². The molecule has 2 nitrogen and oxygen atoms in total. The fraction of sp³-hybridized carbons (Fsp3) is 0.600. The second-order valence-electron chi connectivity index (χ2n) is 5.08. The topological polar surface area (TPSA) is 35.2 Å². The minimum atomic E-state index is 0.238. The molecule has 0 aliphatic carbocycles. The van der Waals surface area contributed by atoms with Gasteiger partial charge < -0.3 is 10.5 Å². The fourth-order valence-corrected chi connectivity index (χ4v) is 2.50. The van der Waals surface area contributed by atoms with Gasteiger partial charge in [0.2, 0.25) is 0 Å². The van der Waals surface area contributed by atoms with Gasteiger partial charge in [-0.3, -0.25) is 0 Å². The minimum absolute atomic E-state index is 0.238. The third-order valence-electron chi connectivity index (χ3n) is 3.81. The summed E-state index contributed by atoms with van der Waals surface area (Å²) < 4.78 is 5.63. The van der Waals surface area contributed by atoms with Crippen molar-refractivity contribution in [2.45, 2.75) is 50.7 Å². The number of hydrogen-bond donors (Lipinski definition) is 1. The molecule has 3 unspecified atom stereocenters. The first-order valence-electron chi connectivity index (χ1n) is 6.69. The first kappa shape index (κ1) is 12.6. The van der Waals surface area contributed by atoms with Crippen molar-refractivity contribution in [1.29, 1.82) is 0 Å². The van der Waals surface area contributed by atoms with E-state index in [4.69, 9.17) is 10.5 Å². The Morgan fingerprint density at radius 2 is 2.12 bits per heavy atom. The van der Waals surface area contributed by atoms with E-state index in [1.807, 2.05) is 6.07 Å². The normalized spacial score (nSPS) is 23.5. The highest BCUT2D eigenvalue weighted by Crippen LogP contribution is 2.23. The highest BCUT2D eigenvalue weighted by molar-refractivity contribution is 5.20. The maximum Gasteiger partial charge on any atom is 0.0576 e. The predicted octanol–water partition coefficient (Wildman–Crippen LogP) is 3.08. The van der Waals surface area contributed by atoms with E-state index in [2.05, 4.69) is 31.2 Å². The molecule has 0 radical (unpaired) electrons. The molecule has 3 atom stereocenters. The van der Waals surface area contributed by atoms with E-state index in [1.165, 1.54) is 18.4 Å². The van der Waals surface area contributed by atoms with Gasteiger partial charge in [0.25, 0.3) is 0 Å². The monoisotopic (exact) mass is 233 g/mol. The zero-order valence-electron chi connectivity index (χ0n) is 10.6. The van der Waals surface area contributed by atoms with E-state index in [1.54, 1.807) is 0 Å². The summed E-state index contributed by atoms with van der Waals surface area (Å²) in [5, 5.41) is 0. The SMILES string of the molecule is CC(c1ccccc1)C(N)CCC1CCCO1. The molecular formula is C15H23NO. The Hall–Kier alpha value is -0.860. The van der Waals surface area contributed by atoms with Crippen LogP contribution in [0.1, 0.15) is 44.1 Å². The molecule has 0 spiro atoms. The summed E-state index contributed by atoms with van der Waals surface area (Å²) in [4.78, 5) is 0. The van der Waals surface area contributed by atoms with Gasteiger partial charge in [-0.2, -0.15) is 0 Å². The Kier molecular flexibility index (Phi) is 4.57. The first-order chi connectivity index (χ1) is 8.27. The van der Waals surface area contributed by atoms with Gasteiger partial charge in [-0.05, 0) is 37.2 Å². The standard InChI is InChI=1S/C15H23NO/c1-12(13-6-3-2-4-7-13)15(16)10-9-14-8-5-11-17-14/h2-4,6-7,12,14-15H,5,8-11,16H2,1H3.